The number of hydrogen-bond acceptors (Lipinski definition) is 5. The van der Waals surface area contributed by atoms with Crippen molar-refractivity contribution < 1.29 is 18.7 Å². The fourth-order valence-electron chi connectivity index (χ4n) is 4.33. The number of nitrogens with one attached hydrogen (secondary N) is 1. The molecule has 1 atom stereocenters. The molecule has 3 aromatic rings. The molecule has 1 heterocycles. The highest BCUT2D eigenvalue weighted by Gasteiger charge is 2.36. The molecule has 1 aromatic heterocycles. The van der Waals surface area contributed by atoms with Gasteiger partial charge in [0.1, 0.15) is 27.0 Å². The van der Waals surface area contributed by atoms with E-state index in [1.165, 1.54) is 17.0 Å². The van der Waals surface area contributed by atoms with Gasteiger partial charge in [-0.05, 0) is 66.7 Å². The second-order valence-electron chi connectivity index (χ2n) is 8.57. The molecule has 36 heavy (non-hydrogen) atoms. The van der Waals surface area contributed by atoms with Crippen LogP contribution >= 0.6 is 34.7 Å². The summed E-state index contributed by atoms with van der Waals surface area (Å²) < 4.78 is 23.5. The summed E-state index contributed by atoms with van der Waals surface area (Å²) in [4.78, 5) is 29.0. The van der Waals surface area contributed by atoms with Crippen molar-refractivity contribution in [2.24, 2.45) is 0 Å². The van der Waals surface area contributed by atoms with Crippen LogP contribution in [0.3, 0.4) is 0 Å². The van der Waals surface area contributed by atoms with Crippen molar-refractivity contribution in [1.82, 2.24) is 14.6 Å². The molecule has 1 fully saturated rings. The quantitative estimate of drug-likeness (QED) is 0.333. The van der Waals surface area contributed by atoms with Gasteiger partial charge in [-0.1, -0.05) is 60.3 Å². The zero-order chi connectivity index (χ0) is 25.7. The molecule has 1 aliphatic carbocycles. The van der Waals surface area contributed by atoms with Crippen LogP contribution < -0.4 is 10.1 Å². The van der Waals surface area contributed by atoms with Gasteiger partial charge in [0.25, 0.3) is 5.91 Å². The van der Waals surface area contributed by atoms with E-state index in [1.807, 2.05) is 6.92 Å². The smallest absolute Gasteiger partial charge is 0.276 e. The predicted molar refractivity (Wildman–Crippen MR) is 139 cm³/mol. The van der Waals surface area contributed by atoms with Gasteiger partial charge in [0, 0.05) is 12.6 Å². The molecule has 2 aromatic carbocycles. The first-order chi connectivity index (χ1) is 17.4. The molecular formula is C26H26Cl2FN3O3S. The normalized spacial score (nSPS) is 14.4. The number of amides is 2. The maximum atomic E-state index is 13.8. The van der Waals surface area contributed by atoms with Gasteiger partial charge in [0.2, 0.25) is 5.91 Å². The summed E-state index contributed by atoms with van der Waals surface area (Å²) in [5, 5.41) is 3.16. The van der Waals surface area contributed by atoms with Gasteiger partial charge in [-0.2, -0.15) is 4.37 Å². The highest BCUT2D eigenvalue weighted by atomic mass is 35.5. The summed E-state index contributed by atoms with van der Waals surface area (Å²) in [7, 11) is 0. The van der Waals surface area contributed by atoms with Crippen LogP contribution in [-0.4, -0.2) is 33.7 Å². The van der Waals surface area contributed by atoms with Crippen LogP contribution in [-0.2, 0) is 11.3 Å². The van der Waals surface area contributed by atoms with Crippen LogP contribution in [0.5, 0.6) is 5.75 Å². The first kappa shape index (κ1) is 26.4. The molecule has 2 amide bonds. The summed E-state index contributed by atoms with van der Waals surface area (Å²) >= 11 is 13.3. The molecule has 6 nitrogen and oxygen atoms in total. The number of nitrogens with zero attached hydrogens (tertiary/aromatic N) is 2. The Morgan fingerprint density at radius 1 is 1.14 bits per heavy atom. The van der Waals surface area contributed by atoms with Gasteiger partial charge in [-0.3, -0.25) is 9.59 Å². The van der Waals surface area contributed by atoms with Crippen LogP contribution in [0.25, 0.3) is 0 Å². The molecule has 190 valence electrons. The van der Waals surface area contributed by atoms with Gasteiger partial charge in [0.05, 0.1) is 6.61 Å². The van der Waals surface area contributed by atoms with E-state index in [0.29, 0.717) is 23.5 Å². The van der Waals surface area contributed by atoms with Crippen molar-refractivity contribution in [2.45, 2.75) is 51.2 Å². The largest absolute Gasteiger partial charge is 0.494 e. The van der Waals surface area contributed by atoms with Crippen molar-refractivity contribution in [3.63, 3.8) is 0 Å². The van der Waals surface area contributed by atoms with E-state index >= 15 is 0 Å². The lowest BCUT2D eigenvalue weighted by Crippen LogP contribution is -2.46. The Kier molecular flexibility index (Phi) is 8.82. The maximum absolute atomic E-state index is 13.8. The summed E-state index contributed by atoms with van der Waals surface area (Å²) in [6.45, 7) is 2.42. The van der Waals surface area contributed by atoms with Crippen molar-refractivity contribution in [3.05, 3.63) is 80.5 Å². The molecule has 10 heteroatoms. The minimum Gasteiger partial charge on any atom is -0.494 e. The Morgan fingerprint density at radius 2 is 1.81 bits per heavy atom. The fourth-order valence-corrected chi connectivity index (χ4v) is 5.32. The number of ether oxygens (including phenoxy) is 1. The van der Waals surface area contributed by atoms with E-state index in [4.69, 9.17) is 27.9 Å². The number of halogens is 3. The predicted octanol–water partition coefficient (Wildman–Crippen LogP) is 6.43. The van der Waals surface area contributed by atoms with Crippen LogP contribution in [0.2, 0.25) is 9.36 Å². The van der Waals surface area contributed by atoms with E-state index in [9.17, 15) is 14.0 Å². The fraction of sp³-hybridized carbons (Fsp3) is 0.346. The molecule has 0 bridgehead atoms. The first-order valence-electron chi connectivity index (χ1n) is 11.8. The third-order valence-corrected chi connectivity index (χ3v) is 7.71. The third-order valence-electron chi connectivity index (χ3n) is 6.10. The highest BCUT2D eigenvalue weighted by Crippen LogP contribution is 2.34. The van der Waals surface area contributed by atoms with Crippen molar-refractivity contribution in [1.29, 1.82) is 0 Å². The molecule has 1 saturated carbocycles. The number of benzene rings is 2. The van der Waals surface area contributed by atoms with Gasteiger partial charge >= 0.3 is 0 Å². The molecule has 1 aliphatic rings. The summed E-state index contributed by atoms with van der Waals surface area (Å²) in [6, 6.07) is 11.9. The zero-order valence-corrected chi connectivity index (χ0v) is 22.0. The van der Waals surface area contributed by atoms with Crippen molar-refractivity contribution in [2.75, 3.05) is 6.61 Å². The van der Waals surface area contributed by atoms with Crippen molar-refractivity contribution in [3.8, 4) is 5.75 Å². The minimum absolute atomic E-state index is 0.0283. The summed E-state index contributed by atoms with van der Waals surface area (Å²) in [5.74, 6) is -0.596. The van der Waals surface area contributed by atoms with Gasteiger partial charge in [-0.15, -0.1) is 0 Å². The standard InChI is InChI=1S/C26H26Cl2FN3O3S/c1-2-35-20-13-9-17(10-14-20)23(25(33)30-19-5-3-4-6-19)32(15-16-7-11-18(29)12-8-16)26(34)22-21(27)24(28)36-31-22/h7-14,19,23H,2-6,15H2,1H3,(H,30,33)/t23-/m1/s1. The lowest BCUT2D eigenvalue weighted by Gasteiger charge is -2.32. The Morgan fingerprint density at radius 3 is 2.39 bits per heavy atom. The number of carbonyl (C=O) groups excluding carboxylic acids is 2. The Hall–Kier alpha value is -2.68. The molecule has 0 saturated heterocycles. The van der Waals surface area contributed by atoms with Crippen molar-refractivity contribution >= 4 is 46.5 Å². The molecule has 0 unspecified atom stereocenters. The number of carbonyl (C=O) groups is 2. The van der Waals surface area contributed by atoms with E-state index < -0.39 is 17.8 Å². The highest BCUT2D eigenvalue weighted by molar-refractivity contribution is 7.11. The second kappa shape index (κ2) is 12.0. The molecule has 4 rings (SSSR count). The first-order valence-corrected chi connectivity index (χ1v) is 13.3. The lowest BCUT2D eigenvalue weighted by molar-refractivity contribution is -0.126. The van der Waals surface area contributed by atoms with Gasteiger partial charge in [-0.25, -0.2) is 4.39 Å². The third kappa shape index (κ3) is 6.17. The molecular weight excluding hydrogens is 524 g/mol. The molecule has 0 spiro atoms. The summed E-state index contributed by atoms with van der Waals surface area (Å²) in [6.07, 6.45) is 3.87. The van der Waals surface area contributed by atoms with Gasteiger partial charge in [0.15, 0.2) is 5.69 Å². The second-order valence-corrected chi connectivity index (χ2v) is 10.3. The molecule has 0 radical (unpaired) electrons. The van der Waals surface area contributed by atoms with Crippen LogP contribution in [0.4, 0.5) is 4.39 Å². The van der Waals surface area contributed by atoms with E-state index in [-0.39, 0.29) is 33.5 Å². The Bertz CT molecular complexity index is 1200. The molecule has 0 aliphatic heterocycles. The summed E-state index contributed by atoms with van der Waals surface area (Å²) in [5.41, 5.74) is 1.21. The Labute approximate surface area is 223 Å². The zero-order valence-electron chi connectivity index (χ0n) is 19.7. The van der Waals surface area contributed by atoms with Crippen LogP contribution in [0, 0.1) is 5.82 Å². The minimum atomic E-state index is -0.990. The maximum Gasteiger partial charge on any atom is 0.276 e. The number of rotatable bonds is 9. The number of aromatic nitrogens is 1. The van der Waals surface area contributed by atoms with Crippen LogP contribution in [0.15, 0.2) is 48.5 Å². The van der Waals surface area contributed by atoms with E-state index in [0.717, 1.165) is 37.2 Å². The number of hydrogen-bond donors (Lipinski definition) is 1. The lowest BCUT2D eigenvalue weighted by atomic mass is 10.0. The average Bonchev–Trinajstić information content (AvgIpc) is 3.50. The average molecular weight is 550 g/mol. The van der Waals surface area contributed by atoms with E-state index in [2.05, 4.69) is 9.69 Å². The topological polar surface area (TPSA) is 71.5 Å². The monoisotopic (exact) mass is 549 g/mol. The SMILES string of the molecule is CCOc1ccc([C@H](C(=O)NC2CCCC2)N(Cc2ccc(F)cc2)C(=O)c2nsc(Cl)c2Cl)cc1. The van der Waals surface area contributed by atoms with Gasteiger partial charge < -0.3 is 15.0 Å². The van der Waals surface area contributed by atoms with Crippen LogP contribution in [0.1, 0.15) is 60.3 Å². The molecule has 1 N–H and O–H groups in total. The Balaban J connectivity index is 1.76. The van der Waals surface area contributed by atoms with E-state index in [1.54, 1.807) is 36.4 Å².